The van der Waals surface area contributed by atoms with Crippen LogP contribution < -0.4 is 19.7 Å². The Bertz CT molecular complexity index is 1600. The quantitative estimate of drug-likeness (QED) is 0.272. The van der Waals surface area contributed by atoms with Crippen molar-refractivity contribution in [3.63, 3.8) is 0 Å². The van der Waals surface area contributed by atoms with Gasteiger partial charge in [-0.1, -0.05) is 42.5 Å². The largest absolute Gasteiger partial charge is 0.493 e. The van der Waals surface area contributed by atoms with E-state index in [0.29, 0.717) is 17.1 Å². The van der Waals surface area contributed by atoms with Gasteiger partial charge >= 0.3 is 0 Å². The Balaban J connectivity index is 1.32. The van der Waals surface area contributed by atoms with E-state index < -0.39 is 17.9 Å². The molecular weight excluding hydrogens is 558 g/mol. The number of nitrogens with one attached hydrogen (secondary N) is 2. The fourth-order valence-electron chi connectivity index (χ4n) is 5.66. The van der Waals surface area contributed by atoms with Gasteiger partial charge in [-0.15, -0.1) is 0 Å². The molecule has 0 bridgehead atoms. The summed E-state index contributed by atoms with van der Waals surface area (Å²) in [5, 5.41) is 3.94. The van der Waals surface area contributed by atoms with Crippen LogP contribution in [-0.2, 0) is 27.3 Å². The third kappa shape index (κ3) is 7.20. The number of hydrogen-bond acceptors (Lipinski definition) is 7. The summed E-state index contributed by atoms with van der Waals surface area (Å²) in [5.41, 5.74) is 3.68. The molecule has 2 heterocycles. The van der Waals surface area contributed by atoms with E-state index in [1.165, 1.54) is 24.6 Å². The zero-order valence-corrected chi connectivity index (χ0v) is 25.4. The van der Waals surface area contributed by atoms with Crippen molar-refractivity contribution in [1.82, 2.24) is 20.1 Å². The number of aromatic nitrogens is 1. The van der Waals surface area contributed by atoms with Gasteiger partial charge in [-0.05, 0) is 41.5 Å². The number of rotatable bonds is 11. The lowest BCUT2D eigenvalue weighted by molar-refractivity contribution is -0.147. The summed E-state index contributed by atoms with van der Waals surface area (Å²) in [6.07, 6.45) is 2.08. The molecule has 10 nitrogen and oxygen atoms in total. The van der Waals surface area contributed by atoms with E-state index >= 15 is 0 Å². The molecule has 0 saturated carbocycles. The number of fused-ring (bicyclic) bond motifs is 1. The number of H-pyrrole nitrogens is 1. The number of imide groups is 1. The molecule has 230 valence electrons. The van der Waals surface area contributed by atoms with E-state index in [1.54, 1.807) is 25.3 Å². The average Bonchev–Trinajstić information content (AvgIpc) is 3.46. The molecule has 3 amide bonds. The van der Waals surface area contributed by atoms with Gasteiger partial charge < -0.3 is 24.7 Å². The lowest BCUT2D eigenvalue weighted by atomic mass is 10.0. The fourth-order valence-corrected chi connectivity index (χ4v) is 5.66. The smallest absolute Gasteiger partial charge is 0.252 e. The maximum absolute atomic E-state index is 14.1. The molecule has 1 fully saturated rings. The standard InChI is InChI=1S/C34H39N5O5/c1-24(40)39(22-25-13-14-31(43-2)32(19-25)44-3)34(42)30(20-26-21-35-29-12-8-7-11-28(26)29)36-33(41)23-37-15-17-38(18-16-37)27-9-5-4-6-10-27/h4-14,19,21,30,35H,15-18,20,22-23H2,1-3H3,(H,36,41). The second-order valence-electron chi connectivity index (χ2n) is 10.9. The number of ether oxygens (including phenoxy) is 2. The molecule has 10 heteroatoms. The fraction of sp³-hybridized carbons (Fsp3) is 0.324. The summed E-state index contributed by atoms with van der Waals surface area (Å²) < 4.78 is 10.7. The molecule has 1 aliphatic rings. The van der Waals surface area contributed by atoms with Crippen molar-refractivity contribution in [2.45, 2.75) is 25.9 Å². The highest BCUT2D eigenvalue weighted by Crippen LogP contribution is 2.28. The van der Waals surface area contributed by atoms with E-state index in [9.17, 15) is 14.4 Å². The van der Waals surface area contributed by atoms with Crippen LogP contribution in [-0.4, -0.2) is 85.5 Å². The first-order chi connectivity index (χ1) is 21.4. The molecule has 1 unspecified atom stereocenters. The lowest BCUT2D eigenvalue weighted by Gasteiger charge is -2.36. The minimum atomic E-state index is -0.948. The molecule has 1 saturated heterocycles. The number of amides is 3. The van der Waals surface area contributed by atoms with Gasteiger partial charge in [0.2, 0.25) is 11.8 Å². The van der Waals surface area contributed by atoms with E-state index in [2.05, 4.69) is 32.2 Å². The van der Waals surface area contributed by atoms with Crippen LogP contribution in [0.2, 0.25) is 0 Å². The number of nitrogens with zero attached hydrogens (tertiary/aromatic N) is 3. The van der Waals surface area contributed by atoms with E-state index in [0.717, 1.165) is 42.6 Å². The van der Waals surface area contributed by atoms with Gasteiger partial charge in [0.05, 0.1) is 27.3 Å². The Morgan fingerprint density at radius 1 is 0.909 bits per heavy atom. The molecule has 0 aliphatic carbocycles. The van der Waals surface area contributed by atoms with E-state index in [4.69, 9.17) is 9.47 Å². The maximum Gasteiger partial charge on any atom is 0.252 e. The molecule has 3 aromatic carbocycles. The van der Waals surface area contributed by atoms with Gasteiger partial charge in [0.1, 0.15) is 6.04 Å². The highest BCUT2D eigenvalue weighted by atomic mass is 16.5. The van der Waals surface area contributed by atoms with Crippen LogP contribution >= 0.6 is 0 Å². The molecule has 4 aromatic rings. The number of methoxy groups -OCH3 is 2. The van der Waals surface area contributed by atoms with Crippen molar-refractivity contribution >= 4 is 34.3 Å². The molecule has 44 heavy (non-hydrogen) atoms. The molecule has 1 aromatic heterocycles. The van der Waals surface area contributed by atoms with Crippen LogP contribution in [0.5, 0.6) is 11.5 Å². The number of anilines is 1. The molecule has 2 N–H and O–H groups in total. The van der Waals surface area contributed by atoms with Crippen LogP contribution in [0.4, 0.5) is 5.69 Å². The minimum absolute atomic E-state index is 0.0240. The number of carbonyl (C=O) groups excluding carboxylic acids is 3. The maximum atomic E-state index is 14.1. The predicted octanol–water partition coefficient (Wildman–Crippen LogP) is 3.61. The highest BCUT2D eigenvalue weighted by molar-refractivity contribution is 5.99. The van der Waals surface area contributed by atoms with Crippen molar-refractivity contribution in [1.29, 1.82) is 0 Å². The monoisotopic (exact) mass is 597 g/mol. The van der Waals surface area contributed by atoms with Crippen LogP contribution in [0.15, 0.2) is 79.0 Å². The topological polar surface area (TPSA) is 107 Å². The molecule has 1 aliphatic heterocycles. The van der Waals surface area contributed by atoms with Crippen molar-refractivity contribution in [3.8, 4) is 11.5 Å². The molecule has 5 rings (SSSR count). The van der Waals surface area contributed by atoms with Crippen molar-refractivity contribution < 1.29 is 23.9 Å². The summed E-state index contributed by atoms with van der Waals surface area (Å²) in [7, 11) is 3.08. The van der Waals surface area contributed by atoms with Crippen molar-refractivity contribution in [2.24, 2.45) is 0 Å². The minimum Gasteiger partial charge on any atom is -0.493 e. The van der Waals surface area contributed by atoms with Gasteiger partial charge in [-0.2, -0.15) is 0 Å². The summed E-state index contributed by atoms with van der Waals surface area (Å²) in [4.78, 5) is 49.1. The summed E-state index contributed by atoms with van der Waals surface area (Å²) >= 11 is 0. The number of carbonyl (C=O) groups is 3. The first kappa shape index (κ1) is 30.6. The molecule has 0 spiro atoms. The van der Waals surface area contributed by atoms with E-state index in [1.807, 2.05) is 48.7 Å². The van der Waals surface area contributed by atoms with Gasteiger partial charge in [0, 0.05) is 62.3 Å². The average molecular weight is 598 g/mol. The zero-order valence-electron chi connectivity index (χ0n) is 25.4. The number of para-hydroxylation sites is 2. The number of hydrogen-bond donors (Lipinski definition) is 2. The Hall–Kier alpha value is -4.83. The Morgan fingerprint density at radius 3 is 2.32 bits per heavy atom. The van der Waals surface area contributed by atoms with Gasteiger partial charge in [0.25, 0.3) is 5.91 Å². The Kier molecular flexibility index (Phi) is 9.81. The highest BCUT2D eigenvalue weighted by Gasteiger charge is 2.30. The van der Waals surface area contributed by atoms with Crippen LogP contribution in [0.25, 0.3) is 10.9 Å². The first-order valence-electron chi connectivity index (χ1n) is 14.8. The summed E-state index contributed by atoms with van der Waals surface area (Å²) in [6.45, 7) is 4.60. The van der Waals surface area contributed by atoms with Crippen LogP contribution in [0, 0.1) is 0 Å². The number of piperazine rings is 1. The second kappa shape index (κ2) is 14.1. The molecular formula is C34H39N5O5. The van der Waals surface area contributed by atoms with Crippen molar-refractivity contribution in [2.75, 3.05) is 51.8 Å². The van der Waals surface area contributed by atoms with Gasteiger partial charge in [-0.25, -0.2) is 0 Å². The molecule has 1 atom stereocenters. The molecule has 0 radical (unpaired) electrons. The number of benzene rings is 3. The lowest BCUT2D eigenvalue weighted by Crippen LogP contribution is -2.54. The van der Waals surface area contributed by atoms with Gasteiger partial charge in [0.15, 0.2) is 11.5 Å². The first-order valence-corrected chi connectivity index (χ1v) is 14.8. The SMILES string of the molecule is COc1ccc(CN(C(C)=O)C(=O)C(Cc2c[nH]c3ccccc23)NC(=O)CN2CCN(c3ccccc3)CC2)cc1OC. The van der Waals surface area contributed by atoms with Gasteiger partial charge in [-0.3, -0.25) is 24.2 Å². The Labute approximate surface area is 257 Å². The van der Waals surface area contributed by atoms with E-state index in [-0.39, 0.29) is 25.4 Å². The normalized spacial score (nSPS) is 14.2. The van der Waals surface area contributed by atoms with Crippen LogP contribution in [0.3, 0.4) is 0 Å². The van der Waals surface area contributed by atoms with Crippen LogP contribution in [0.1, 0.15) is 18.1 Å². The zero-order chi connectivity index (χ0) is 31.1. The third-order valence-electron chi connectivity index (χ3n) is 8.03. The summed E-state index contributed by atoms with van der Waals surface area (Å²) in [5.74, 6) is -0.103. The Morgan fingerprint density at radius 2 is 1.61 bits per heavy atom. The second-order valence-corrected chi connectivity index (χ2v) is 10.9. The third-order valence-corrected chi connectivity index (χ3v) is 8.03. The summed E-state index contributed by atoms with van der Waals surface area (Å²) in [6, 6.07) is 22.3. The number of aromatic amines is 1. The van der Waals surface area contributed by atoms with Crippen molar-refractivity contribution in [3.05, 3.63) is 90.1 Å². The predicted molar refractivity (Wildman–Crippen MR) is 170 cm³/mol.